The molecule has 8 rings (SSSR count). The van der Waals surface area contributed by atoms with Crippen LogP contribution in [-0.4, -0.2) is 34.3 Å². The average Bonchev–Trinajstić information content (AvgIpc) is 3.70. The van der Waals surface area contributed by atoms with Gasteiger partial charge in [0.2, 0.25) is 11.8 Å². The molecule has 0 aliphatic carbocycles. The molecule has 0 saturated carbocycles. The highest BCUT2D eigenvalue weighted by molar-refractivity contribution is 8.00. The second-order valence-corrected chi connectivity index (χ2v) is 11.7. The molecule has 40 heavy (non-hydrogen) atoms. The Balaban J connectivity index is 1.24. The van der Waals surface area contributed by atoms with Crippen molar-refractivity contribution in [2.75, 3.05) is 0 Å². The Kier molecular flexibility index (Phi) is 5.42. The summed E-state index contributed by atoms with van der Waals surface area (Å²) in [5.74, 6) is 2.34. The molecule has 8 nitrogen and oxygen atoms in total. The van der Waals surface area contributed by atoms with Crippen LogP contribution < -0.4 is 4.74 Å². The van der Waals surface area contributed by atoms with Crippen LogP contribution in [0.3, 0.4) is 0 Å². The van der Waals surface area contributed by atoms with Crippen molar-refractivity contribution in [1.82, 2.24) is 34.3 Å². The van der Waals surface area contributed by atoms with Crippen LogP contribution in [0.4, 0.5) is 0 Å². The van der Waals surface area contributed by atoms with E-state index in [0.717, 1.165) is 43.6 Å². The number of hydrogen-bond donors (Lipinski definition) is 0. The van der Waals surface area contributed by atoms with E-state index in [4.69, 9.17) is 29.9 Å². The van der Waals surface area contributed by atoms with Gasteiger partial charge < -0.3 is 4.74 Å². The van der Waals surface area contributed by atoms with E-state index in [-0.39, 0.29) is 5.92 Å². The van der Waals surface area contributed by atoms with Gasteiger partial charge in [0.1, 0.15) is 6.33 Å². The molecule has 0 N–H and O–H groups in total. The van der Waals surface area contributed by atoms with Gasteiger partial charge >= 0.3 is 0 Å². The molecule has 0 fully saturated rings. The third kappa shape index (κ3) is 3.79. The molecule has 10 heteroatoms. The van der Waals surface area contributed by atoms with Crippen LogP contribution in [0.2, 0.25) is 0 Å². The van der Waals surface area contributed by atoms with Crippen molar-refractivity contribution in [2.24, 2.45) is 0 Å². The Morgan fingerprint density at radius 3 is 2.48 bits per heavy atom. The predicted octanol–water partition coefficient (Wildman–Crippen LogP) is 6.81. The smallest absolute Gasteiger partial charge is 0.230 e. The summed E-state index contributed by atoms with van der Waals surface area (Å²) in [5.41, 5.74) is 6.59. The van der Waals surface area contributed by atoms with E-state index in [2.05, 4.69) is 30.3 Å². The number of benzene rings is 3. The lowest BCUT2D eigenvalue weighted by molar-refractivity contribution is 0.402. The molecule has 0 radical (unpaired) electrons. The van der Waals surface area contributed by atoms with Gasteiger partial charge in [-0.05, 0) is 36.8 Å². The zero-order chi connectivity index (χ0) is 26.6. The number of hydrogen-bond acceptors (Lipinski definition) is 8. The Morgan fingerprint density at radius 2 is 1.65 bits per heavy atom. The molecule has 7 aromatic rings. The first kappa shape index (κ1) is 23.4. The van der Waals surface area contributed by atoms with Crippen LogP contribution in [0.25, 0.3) is 21.6 Å². The monoisotopic (exact) mass is 559 g/mol. The highest BCUT2D eigenvalue weighted by Gasteiger charge is 2.38. The maximum absolute atomic E-state index is 6.51. The number of ether oxygens (including phenoxy) is 1. The van der Waals surface area contributed by atoms with Gasteiger partial charge in [0, 0.05) is 0 Å². The van der Waals surface area contributed by atoms with Crippen molar-refractivity contribution in [3.63, 3.8) is 0 Å². The number of para-hydroxylation sites is 2. The molecule has 4 aromatic heterocycles. The Morgan fingerprint density at radius 1 is 0.875 bits per heavy atom. The number of thiazole rings is 1. The second-order valence-electron chi connectivity index (χ2n) is 9.49. The average molecular weight is 560 g/mol. The van der Waals surface area contributed by atoms with Crippen molar-refractivity contribution >= 4 is 39.0 Å². The molecule has 194 valence electrons. The summed E-state index contributed by atoms with van der Waals surface area (Å²) < 4.78 is 12.3. The zero-order valence-electron chi connectivity index (χ0n) is 21.3. The molecule has 0 bridgehead atoms. The SMILES string of the molecule is Cc1nn(-c2ccccc2)c2c1C(c1ccccc1)c1c(ncn3nc(CSc4nc5ccccc5s4)nc13)O2. The number of thioether (sulfide) groups is 1. The first-order chi connectivity index (χ1) is 19.7. The highest BCUT2D eigenvalue weighted by atomic mass is 32.2. The number of fused-ring (bicyclic) bond motifs is 5. The molecule has 1 aliphatic heterocycles. The fourth-order valence-corrected chi connectivity index (χ4v) is 7.16. The van der Waals surface area contributed by atoms with E-state index in [0.29, 0.717) is 23.3 Å². The van der Waals surface area contributed by atoms with Crippen molar-refractivity contribution < 1.29 is 4.74 Å². The molecule has 1 unspecified atom stereocenters. The van der Waals surface area contributed by atoms with Crippen molar-refractivity contribution in [2.45, 2.75) is 22.9 Å². The highest BCUT2D eigenvalue weighted by Crippen LogP contribution is 2.49. The van der Waals surface area contributed by atoms with Crippen molar-refractivity contribution in [1.29, 1.82) is 0 Å². The zero-order valence-corrected chi connectivity index (χ0v) is 22.9. The molecule has 1 atom stereocenters. The lowest BCUT2D eigenvalue weighted by Crippen LogP contribution is -2.16. The van der Waals surface area contributed by atoms with Crippen LogP contribution >= 0.6 is 23.1 Å². The molecule has 0 amide bonds. The lowest BCUT2D eigenvalue weighted by Gasteiger charge is -2.26. The molecule has 3 aromatic carbocycles. The third-order valence-electron chi connectivity index (χ3n) is 7.00. The molecule has 1 aliphatic rings. The van der Waals surface area contributed by atoms with E-state index >= 15 is 0 Å². The van der Waals surface area contributed by atoms with Gasteiger partial charge in [0.15, 0.2) is 15.8 Å². The van der Waals surface area contributed by atoms with Crippen molar-refractivity contribution in [3.05, 3.63) is 119 Å². The van der Waals surface area contributed by atoms with Gasteiger partial charge in [-0.15, -0.1) is 16.4 Å². The summed E-state index contributed by atoms with van der Waals surface area (Å²) in [4.78, 5) is 14.4. The van der Waals surface area contributed by atoms with E-state index in [1.54, 1.807) is 33.9 Å². The topological polar surface area (TPSA) is 83.0 Å². The quantitative estimate of drug-likeness (QED) is 0.214. The molecular weight excluding hydrogens is 539 g/mol. The Hall–Kier alpha value is -4.54. The molecule has 5 heterocycles. The van der Waals surface area contributed by atoms with Gasteiger partial charge in [-0.3, -0.25) is 0 Å². The van der Waals surface area contributed by atoms with Gasteiger partial charge in [-0.25, -0.2) is 24.1 Å². The maximum atomic E-state index is 6.51. The minimum Gasteiger partial charge on any atom is -0.420 e. The van der Waals surface area contributed by atoms with Gasteiger partial charge in [0.25, 0.3) is 0 Å². The molecule has 0 saturated heterocycles. The lowest BCUT2D eigenvalue weighted by atomic mass is 9.84. The third-order valence-corrected chi connectivity index (χ3v) is 9.17. The number of aryl methyl sites for hydroxylation is 1. The van der Waals surface area contributed by atoms with Crippen LogP contribution in [0.1, 0.15) is 34.1 Å². The summed E-state index contributed by atoms with van der Waals surface area (Å²) in [5, 5.41) is 9.67. The van der Waals surface area contributed by atoms with E-state index in [9.17, 15) is 0 Å². The van der Waals surface area contributed by atoms with E-state index in [1.165, 1.54) is 4.70 Å². The maximum Gasteiger partial charge on any atom is 0.230 e. The van der Waals surface area contributed by atoms with Gasteiger partial charge in [-0.1, -0.05) is 72.4 Å². The van der Waals surface area contributed by atoms with Crippen LogP contribution in [0.15, 0.2) is 95.6 Å². The normalized spacial score (nSPS) is 14.3. The number of rotatable bonds is 5. The Bertz CT molecular complexity index is 1980. The first-order valence-corrected chi connectivity index (χ1v) is 14.6. The minimum absolute atomic E-state index is 0.164. The second kappa shape index (κ2) is 9.29. The first-order valence-electron chi connectivity index (χ1n) is 12.8. The van der Waals surface area contributed by atoms with Crippen LogP contribution in [-0.2, 0) is 5.75 Å². The summed E-state index contributed by atoms with van der Waals surface area (Å²) in [6.45, 7) is 2.03. The van der Waals surface area contributed by atoms with Crippen LogP contribution in [0.5, 0.6) is 11.8 Å². The molecular formula is C30H21N7OS2. The summed E-state index contributed by atoms with van der Waals surface area (Å²) in [6, 6.07) is 28.6. The molecule has 0 spiro atoms. The summed E-state index contributed by atoms with van der Waals surface area (Å²) in [6.07, 6.45) is 1.68. The number of nitrogens with zero attached hydrogens (tertiary/aromatic N) is 7. The summed E-state index contributed by atoms with van der Waals surface area (Å²) >= 11 is 3.33. The van der Waals surface area contributed by atoms with Gasteiger partial charge in [0.05, 0.1) is 44.4 Å². The Labute approximate surface area is 237 Å². The number of aromatic nitrogens is 7. The van der Waals surface area contributed by atoms with Crippen molar-refractivity contribution in [3.8, 4) is 17.4 Å². The fourth-order valence-electron chi connectivity index (χ4n) is 5.25. The van der Waals surface area contributed by atoms with Gasteiger partial charge in [-0.2, -0.15) is 5.10 Å². The van der Waals surface area contributed by atoms with E-state index < -0.39 is 0 Å². The minimum atomic E-state index is -0.164. The largest absolute Gasteiger partial charge is 0.420 e. The predicted molar refractivity (Wildman–Crippen MR) is 156 cm³/mol. The standard InChI is InChI=1S/C30H21N7OS2/c1-18-24-25(19-10-4-2-5-11-19)26-27-33-23(16-39-30-32-21-14-8-9-15-22(21)40-30)35-36(27)17-31-28(26)38-29(24)37(34-18)20-12-6-3-7-13-20/h2-15,17,25H,16H2,1H3. The fraction of sp³-hybridized carbons (Fsp3) is 0.100. The summed E-state index contributed by atoms with van der Waals surface area (Å²) in [7, 11) is 0. The van der Waals surface area contributed by atoms with E-state index in [1.807, 2.05) is 66.2 Å². The van der Waals surface area contributed by atoms with Crippen LogP contribution in [0, 0.1) is 6.92 Å².